The lowest BCUT2D eigenvalue weighted by atomic mass is 9.73. The fourth-order valence-corrected chi connectivity index (χ4v) is 4.39. The number of rotatable bonds is 5. The van der Waals surface area contributed by atoms with Gasteiger partial charge in [-0.3, -0.25) is 10.1 Å². The van der Waals surface area contributed by atoms with E-state index in [1.165, 1.54) is 51.4 Å². The molecule has 3 nitrogen and oxygen atoms in total. The molecule has 3 fully saturated rings. The maximum absolute atomic E-state index is 12.6. The van der Waals surface area contributed by atoms with Crippen LogP contribution < -0.4 is 5.32 Å². The first kappa shape index (κ1) is 14.4. The van der Waals surface area contributed by atoms with Crippen LogP contribution in [0.1, 0.15) is 71.1 Å². The highest BCUT2D eigenvalue weighted by Gasteiger charge is 2.48. The minimum absolute atomic E-state index is 0.0252. The van der Waals surface area contributed by atoms with Gasteiger partial charge in [0.1, 0.15) is 5.54 Å². The van der Waals surface area contributed by atoms with Gasteiger partial charge in [-0.15, -0.1) is 0 Å². The van der Waals surface area contributed by atoms with Crippen molar-refractivity contribution >= 4 is 5.97 Å². The molecule has 0 aromatic carbocycles. The molecule has 0 aromatic heterocycles. The Kier molecular flexibility index (Phi) is 4.34. The number of esters is 1. The molecule has 20 heavy (non-hydrogen) atoms. The largest absolute Gasteiger partial charge is 0.465 e. The molecule has 0 saturated heterocycles. The summed E-state index contributed by atoms with van der Waals surface area (Å²) in [4.78, 5) is 12.6. The van der Waals surface area contributed by atoms with Gasteiger partial charge in [0.25, 0.3) is 0 Å². The van der Waals surface area contributed by atoms with Crippen LogP contribution in [0.2, 0.25) is 0 Å². The van der Waals surface area contributed by atoms with Crippen molar-refractivity contribution in [3.8, 4) is 0 Å². The van der Waals surface area contributed by atoms with Gasteiger partial charge in [-0.2, -0.15) is 0 Å². The van der Waals surface area contributed by atoms with Crippen LogP contribution in [0.15, 0.2) is 0 Å². The van der Waals surface area contributed by atoms with Crippen LogP contribution >= 0.6 is 0 Å². The van der Waals surface area contributed by atoms with Gasteiger partial charge in [0.05, 0.1) is 6.61 Å². The summed E-state index contributed by atoms with van der Waals surface area (Å²) in [5.74, 6) is 1.67. The van der Waals surface area contributed by atoms with E-state index in [-0.39, 0.29) is 11.5 Å². The zero-order chi connectivity index (χ0) is 14.0. The van der Waals surface area contributed by atoms with Crippen molar-refractivity contribution in [3.05, 3.63) is 0 Å². The Hall–Kier alpha value is -0.570. The third kappa shape index (κ3) is 3.03. The van der Waals surface area contributed by atoms with Gasteiger partial charge in [0, 0.05) is 6.04 Å². The highest BCUT2D eigenvalue weighted by molar-refractivity contribution is 5.81. The molecule has 0 aromatic rings. The van der Waals surface area contributed by atoms with Crippen molar-refractivity contribution in [2.45, 2.75) is 82.7 Å². The van der Waals surface area contributed by atoms with Gasteiger partial charge >= 0.3 is 5.97 Å². The van der Waals surface area contributed by atoms with Crippen LogP contribution in [0.4, 0.5) is 0 Å². The summed E-state index contributed by atoms with van der Waals surface area (Å²) in [6, 6.07) is 0.539. The first-order chi connectivity index (χ1) is 9.73. The normalized spacial score (nSPS) is 35.1. The summed E-state index contributed by atoms with van der Waals surface area (Å²) in [5, 5.41) is 3.75. The van der Waals surface area contributed by atoms with Gasteiger partial charge < -0.3 is 4.74 Å². The number of nitrogens with one attached hydrogen (secondary N) is 1. The Morgan fingerprint density at radius 1 is 1.10 bits per heavy atom. The topological polar surface area (TPSA) is 38.3 Å². The van der Waals surface area contributed by atoms with Crippen molar-refractivity contribution in [2.24, 2.45) is 11.8 Å². The van der Waals surface area contributed by atoms with Crippen molar-refractivity contribution in [3.63, 3.8) is 0 Å². The predicted molar refractivity (Wildman–Crippen MR) is 79.4 cm³/mol. The van der Waals surface area contributed by atoms with Crippen LogP contribution in [0.5, 0.6) is 0 Å². The average molecular weight is 279 g/mol. The Bertz CT molecular complexity index is 343. The van der Waals surface area contributed by atoms with Crippen LogP contribution in [0, 0.1) is 11.8 Å². The van der Waals surface area contributed by atoms with Crippen LogP contribution in [0.3, 0.4) is 0 Å². The molecule has 0 spiro atoms. The third-order valence-corrected chi connectivity index (χ3v) is 5.58. The number of hydrogen-bond donors (Lipinski definition) is 1. The van der Waals surface area contributed by atoms with E-state index in [0.717, 1.165) is 24.7 Å². The lowest BCUT2D eigenvalue weighted by Gasteiger charge is -2.41. The molecule has 3 aliphatic rings. The molecule has 0 bridgehead atoms. The Morgan fingerprint density at radius 2 is 1.85 bits per heavy atom. The van der Waals surface area contributed by atoms with E-state index in [0.29, 0.717) is 12.6 Å². The minimum atomic E-state index is -0.365. The molecular formula is C17H29NO2. The fraction of sp³-hybridized carbons (Fsp3) is 0.941. The smallest absolute Gasteiger partial charge is 0.326 e. The van der Waals surface area contributed by atoms with E-state index in [9.17, 15) is 4.79 Å². The molecule has 0 amide bonds. The molecule has 1 N–H and O–H groups in total. The summed E-state index contributed by atoms with van der Waals surface area (Å²) in [6.45, 7) is 2.42. The van der Waals surface area contributed by atoms with Gasteiger partial charge in [0.2, 0.25) is 0 Å². The summed E-state index contributed by atoms with van der Waals surface area (Å²) >= 11 is 0. The molecule has 0 heterocycles. The molecule has 2 unspecified atom stereocenters. The number of ether oxygens (including phenoxy) is 1. The predicted octanol–water partition coefficient (Wildman–Crippen LogP) is 3.42. The minimum Gasteiger partial charge on any atom is -0.465 e. The van der Waals surface area contributed by atoms with Crippen molar-refractivity contribution < 1.29 is 9.53 Å². The number of hydrogen-bond acceptors (Lipinski definition) is 3. The van der Waals surface area contributed by atoms with Crippen molar-refractivity contribution in [2.75, 3.05) is 6.61 Å². The van der Waals surface area contributed by atoms with E-state index < -0.39 is 0 Å². The Balaban J connectivity index is 1.72. The first-order valence-electron chi connectivity index (χ1n) is 8.68. The van der Waals surface area contributed by atoms with Gasteiger partial charge in [0.15, 0.2) is 0 Å². The first-order valence-corrected chi connectivity index (χ1v) is 8.68. The van der Waals surface area contributed by atoms with E-state index in [1.54, 1.807) is 0 Å². The summed E-state index contributed by atoms with van der Waals surface area (Å²) < 4.78 is 5.44. The maximum atomic E-state index is 12.6. The monoisotopic (exact) mass is 279 g/mol. The van der Waals surface area contributed by atoms with Gasteiger partial charge in [-0.1, -0.05) is 25.7 Å². The van der Waals surface area contributed by atoms with Gasteiger partial charge in [-0.05, 0) is 57.3 Å². The second-order valence-corrected chi connectivity index (χ2v) is 7.12. The standard InChI is InChI=1S/C17H29NO2/c1-2-20-16(19)17(18-15-7-3-4-8-15)11-5-6-14(12-17)13-9-10-13/h13-15,18H,2-12H2,1H3. The number of carbonyl (C=O) groups excluding carboxylic acids is 1. The maximum Gasteiger partial charge on any atom is 0.326 e. The highest BCUT2D eigenvalue weighted by atomic mass is 16.5. The molecule has 0 radical (unpaired) electrons. The van der Waals surface area contributed by atoms with Gasteiger partial charge in [-0.25, -0.2) is 0 Å². The molecule has 2 atom stereocenters. The second-order valence-electron chi connectivity index (χ2n) is 7.12. The molecule has 0 aliphatic heterocycles. The van der Waals surface area contributed by atoms with Crippen LogP contribution in [-0.2, 0) is 9.53 Å². The fourth-order valence-electron chi connectivity index (χ4n) is 4.39. The molecule has 3 rings (SSSR count). The molecular weight excluding hydrogens is 250 g/mol. The summed E-state index contributed by atoms with van der Waals surface area (Å²) in [7, 11) is 0. The lowest BCUT2D eigenvalue weighted by molar-refractivity contribution is -0.154. The zero-order valence-electron chi connectivity index (χ0n) is 12.8. The van der Waals surface area contributed by atoms with E-state index in [2.05, 4.69) is 5.32 Å². The van der Waals surface area contributed by atoms with E-state index in [4.69, 9.17) is 4.74 Å². The van der Waals surface area contributed by atoms with Crippen molar-refractivity contribution in [1.82, 2.24) is 5.32 Å². The lowest BCUT2D eigenvalue weighted by Crippen LogP contribution is -2.58. The summed E-state index contributed by atoms with van der Waals surface area (Å²) in [6.07, 6.45) is 12.3. The third-order valence-electron chi connectivity index (χ3n) is 5.58. The van der Waals surface area contributed by atoms with E-state index >= 15 is 0 Å². The molecule has 3 aliphatic carbocycles. The zero-order valence-corrected chi connectivity index (χ0v) is 12.8. The molecule has 3 saturated carbocycles. The molecule has 3 heteroatoms. The average Bonchev–Trinajstić information content (AvgIpc) is 3.19. The van der Waals surface area contributed by atoms with E-state index in [1.807, 2.05) is 6.92 Å². The SMILES string of the molecule is CCOC(=O)C1(NC2CCCC2)CCCC(C2CC2)C1. The molecule has 114 valence electrons. The quantitative estimate of drug-likeness (QED) is 0.784. The second kappa shape index (κ2) is 6.05. The van der Waals surface area contributed by atoms with Crippen molar-refractivity contribution in [1.29, 1.82) is 0 Å². The Morgan fingerprint density at radius 3 is 2.50 bits per heavy atom. The highest BCUT2D eigenvalue weighted by Crippen LogP contribution is 2.47. The number of carbonyl (C=O) groups is 1. The van der Waals surface area contributed by atoms with Crippen LogP contribution in [-0.4, -0.2) is 24.2 Å². The van der Waals surface area contributed by atoms with Crippen LogP contribution in [0.25, 0.3) is 0 Å². The Labute approximate surface area is 122 Å². The summed E-state index contributed by atoms with van der Waals surface area (Å²) in [5.41, 5.74) is -0.365.